The van der Waals surface area contributed by atoms with Crippen molar-refractivity contribution in [2.75, 3.05) is 0 Å². The Morgan fingerprint density at radius 3 is 2.73 bits per heavy atom. The molecular weight excluding hydrogens is 213 g/mol. The van der Waals surface area contributed by atoms with Crippen LogP contribution in [0.4, 0.5) is 13.2 Å². The van der Waals surface area contributed by atoms with Gasteiger partial charge in [-0.3, -0.25) is 0 Å². The van der Waals surface area contributed by atoms with E-state index in [0.29, 0.717) is 0 Å². The SMILES string of the molecule is FC(F)(F)Oc1ccc2c(c1)OC=[C]O2. The first-order chi connectivity index (χ1) is 7.04. The fourth-order valence-electron chi connectivity index (χ4n) is 1.04. The molecule has 3 nitrogen and oxygen atoms in total. The minimum absolute atomic E-state index is 0.149. The third kappa shape index (κ3) is 2.34. The number of halogens is 3. The monoisotopic (exact) mass is 217 g/mol. The quantitative estimate of drug-likeness (QED) is 0.723. The minimum Gasteiger partial charge on any atom is -0.457 e. The third-order valence-electron chi connectivity index (χ3n) is 1.55. The normalized spacial score (nSPS) is 13.8. The van der Waals surface area contributed by atoms with E-state index in [9.17, 15) is 13.2 Å². The zero-order valence-electron chi connectivity index (χ0n) is 7.17. The molecule has 1 aliphatic rings. The van der Waals surface area contributed by atoms with Gasteiger partial charge in [-0.15, -0.1) is 13.2 Å². The molecule has 15 heavy (non-hydrogen) atoms. The smallest absolute Gasteiger partial charge is 0.457 e. The fourth-order valence-corrected chi connectivity index (χ4v) is 1.04. The first-order valence-corrected chi connectivity index (χ1v) is 3.85. The van der Waals surface area contributed by atoms with Crippen molar-refractivity contribution in [1.29, 1.82) is 0 Å². The van der Waals surface area contributed by atoms with Gasteiger partial charge in [0.1, 0.15) is 12.0 Å². The lowest BCUT2D eigenvalue weighted by molar-refractivity contribution is -0.274. The topological polar surface area (TPSA) is 27.7 Å². The van der Waals surface area contributed by atoms with Gasteiger partial charge >= 0.3 is 6.36 Å². The van der Waals surface area contributed by atoms with E-state index < -0.39 is 6.36 Å². The van der Waals surface area contributed by atoms with Crippen LogP contribution in [0.15, 0.2) is 24.5 Å². The van der Waals surface area contributed by atoms with Crippen LogP contribution >= 0.6 is 0 Å². The summed E-state index contributed by atoms with van der Waals surface area (Å²) in [6.07, 6.45) is -1.32. The zero-order chi connectivity index (χ0) is 10.9. The summed E-state index contributed by atoms with van der Waals surface area (Å²) in [6, 6.07) is 3.51. The average molecular weight is 217 g/mol. The van der Waals surface area contributed by atoms with E-state index >= 15 is 0 Å². The summed E-state index contributed by atoms with van der Waals surface area (Å²) in [5, 5.41) is 0. The minimum atomic E-state index is -4.72. The molecule has 0 atom stereocenters. The van der Waals surface area contributed by atoms with Gasteiger partial charge in [0.2, 0.25) is 6.26 Å². The van der Waals surface area contributed by atoms with E-state index in [1.165, 1.54) is 6.07 Å². The summed E-state index contributed by atoms with van der Waals surface area (Å²) < 4.78 is 49.0. The molecule has 0 amide bonds. The predicted molar refractivity (Wildman–Crippen MR) is 42.2 cm³/mol. The highest BCUT2D eigenvalue weighted by atomic mass is 19.4. The molecule has 0 aliphatic carbocycles. The third-order valence-corrected chi connectivity index (χ3v) is 1.55. The standard InChI is InChI=1S/C9H4F3O3/c10-9(11,12)15-6-1-2-7-8(5-6)14-4-3-13-7/h1-2,4-5H. The number of hydrogen-bond donors (Lipinski definition) is 0. The van der Waals surface area contributed by atoms with Gasteiger partial charge in [0.15, 0.2) is 11.5 Å². The first-order valence-electron chi connectivity index (χ1n) is 3.85. The maximum Gasteiger partial charge on any atom is 0.573 e. The van der Waals surface area contributed by atoms with E-state index in [0.717, 1.165) is 18.4 Å². The number of benzene rings is 1. The molecule has 6 heteroatoms. The molecule has 2 rings (SSSR count). The second kappa shape index (κ2) is 3.38. The molecule has 1 radical (unpaired) electrons. The fraction of sp³-hybridized carbons (Fsp3) is 0.111. The lowest BCUT2D eigenvalue weighted by atomic mass is 10.3. The molecule has 0 N–H and O–H groups in total. The van der Waals surface area contributed by atoms with Gasteiger partial charge in [-0.1, -0.05) is 0 Å². The van der Waals surface area contributed by atoms with Crippen molar-refractivity contribution in [3.63, 3.8) is 0 Å². The van der Waals surface area contributed by atoms with Gasteiger partial charge in [0, 0.05) is 6.07 Å². The van der Waals surface area contributed by atoms with Crippen molar-refractivity contribution in [3.8, 4) is 17.2 Å². The molecule has 1 aromatic rings. The van der Waals surface area contributed by atoms with Crippen LogP contribution in [0.3, 0.4) is 0 Å². The maximum atomic E-state index is 11.9. The Morgan fingerprint density at radius 2 is 2.00 bits per heavy atom. The summed E-state index contributed by atoms with van der Waals surface area (Å²) in [7, 11) is 0. The van der Waals surface area contributed by atoms with Gasteiger partial charge in [-0.05, 0) is 12.1 Å². The molecule has 1 heterocycles. The van der Waals surface area contributed by atoms with Crippen molar-refractivity contribution in [1.82, 2.24) is 0 Å². The van der Waals surface area contributed by atoms with Crippen LogP contribution in [0.25, 0.3) is 0 Å². The molecular formula is C9H4F3O3. The molecule has 0 aromatic heterocycles. The highest BCUT2D eigenvalue weighted by Gasteiger charge is 2.31. The Labute approximate surface area is 82.7 Å². The zero-order valence-corrected chi connectivity index (χ0v) is 7.17. The predicted octanol–water partition coefficient (Wildman–Crippen LogP) is 2.63. The molecule has 0 saturated heterocycles. The van der Waals surface area contributed by atoms with Crippen molar-refractivity contribution in [2.24, 2.45) is 0 Å². The van der Waals surface area contributed by atoms with Crippen molar-refractivity contribution < 1.29 is 27.4 Å². The summed E-state index contributed by atoms with van der Waals surface area (Å²) in [5.74, 6) is 0.0719. The van der Waals surface area contributed by atoms with E-state index in [1.807, 2.05) is 0 Å². The molecule has 0 fully saturated rings. The van der Waals surface area contributed by atoms with E-state index in [2.05, 4.69) is 11.0 Å². The second-order valence-electron chi connectivity index (χ2n) is 2.61. The highest BCUT2D eigenvalue weighted by Crippen LogP contribution is 2.35. The Kier molecular flexibility index (Phi) is 2.18. The summed E-state index contributed by atoms with van der Waals surface area (Å²) >= 11 is 0. The van der Waals surface area contributed by atoms with E-state index in [4.69, 9.17) is 9.47 Å². The number of hydrogen-bond acceptors (Lipinski definition) is 3. The van der Waals surface area contributed by atoms with Gasteiger partial charge in [-0.25, -0.2) is 0 Å². The van der Waals surface area contributed by atoms with Gasteiger partial charge in [-0.2, -0.15) is 0 Å². The molecule has 0 unspecified atom stereocenters. The summed E-state index contributed by atoms with van der Waals surface area (Å²) in [4.78, 5) is 0. The van der Waals surface area contributed by atoms with Crippen LogP contribution in [0.2, 0.25) is 0 Å². The van der Waals surface area contributed by atoms with Crippen LogP contribution in [0.1, 0.15) is 0 Å². The largest absolute Gasteiger partial charge is 0.573 e. The molecule has 1 aromatic carbocycles. The molecule has 1 aliphatic heterocycles. The molecule has 0 bridgehead atoms. The Hall–Kier alpha value is -1.85. The molecule has 0 saturated carbocycles. The Morgan fingerprint density at radius 1 is 1.20 bits per heavy atom. The van der Waals surface area contributed by atoms with Gasteiger partial charge in [0.05, 0.1) is 0 Å². The van der Waals surface area contributed by atoms with Crippen molar-refractivity contribution in [2.45, 2.75) is 6.36 Å². The van der Waals surface area contributed by atoms with Gasteiger partial charge < -0.3 is 14.2 Å². The first kappa shape index (κ1) is 9.70. The summed E-state index contributed by atoms with van der Waals surface area (Å²) in [5.41, 5.74) is 0. The van der Waals surface area contributed by atoms with Crippen LogP contribution in [-0.4, -0.2) is 6.36 Å². The second-order valence-corrected chi connectivity index (χ2v) is 2.61. The molecule has 0 spiro atoms. The number of alkyl halides is 3. The van der Waals surface area contributed by atoms with E-state index in [1.54, 1.807) is 0 Å². The molecule has 79 valence electrons. The maximum absolute atomic E-state index is 11.9. The van der Waals surface area contributed by atoms with Crippen molar-refractivity contribution >= 4 is 0 Å². The average Bonchev–Trinajstić information content (AvgIpc) is 2.15. The number of fused-ring (bicyclic) bond motifs is 1. The van der Waals surface area contributed by atoms with Crippen LogP contribution < -0.4 is 14.2 Å². The number of rotatable bonds is 1. The Balaban J connectivity index is 2.23. The highest BCUT2D eigenvalue weighted by molar-refractivity contribution is 5.46. The number of ether oxygens (including phenoxy) is 3. The van der Waals surface area contributed by atoms with Crippen molar-refractivity contribution in [3.05, 3.63) is 30.7 Å². The van der Waals surface area contributed by atoms with Crippen LogP contribution in [-0.2, 0) is 0 Å². The summed E-state index contributed by atoms with van der Waals surface area (Å²) in [6.45, 7) is 0. The van der Waals surface area contributed by atoms with Crippen LogP contribution in [0.5, 0.6) is 17.2 Å². The lowest BCUT2D eigenvalue weighted by Crippen LogP contribution is -2.17. The lowest BCUT2D eigenvalue weighted by Gasteiger charge is -2.13. The Bertz CT molecular complexity index is 398. The van der Waals surface area contributed by atoms with Crippen LogP contribution in [0, 0.1) is 6.26 Å². The van der Waals surface area contributed by atoms with E-state index in [-0.39, 0.29) is 17.2 Å². The van der Waals surface area contributed by atoms with Gasteiger partial charge in [0.25, 0.3) is 0 Å².